The lowest BCUT2D eigenvalue weighted by Crippen LogP contribution is -2.38. The van der Waals surface area contributed by atoms with Crippen LogP contribution in [0.4, 0.5) is 17.6 Å². The van der Waals surface area contributed by atoms with Gasteiger partial charge < -0.3 is 5.73 Å². The number of hydrogen-bond donors (Lipinski definition) is 1. The lowest BCUT2D eigenvalue weighted by atomic mass is 9.81. The molecule has 0 spiro atoms. The van der Waals surface area contributed by atoms with E-state index in [-0.39, 0.29) is 12.0 Å². The molecule has 20 heavy (non-hydrogen) atoms. The number of hydrogen-bond acceptors (Lipinski definition) is 1. The van der Waals surface area contributed by atoms with Gasteiger partial charge in [-0.05, 0) is 30.2 Å². The molecule has 1 atom stereocenters. The summed E-state index contributed by atoms with van der Waals surface area (Å²) in [6.07, 6.45) is 0.193. The van der Waals surface area contributed by atoms with Crippen LogP contribution in [0.25, 0.3) is 0 Å². The first-order valence-electron chi connectivity index (χ1n) is 6.09. The Morgan fingerprint density at radius 3 is 2.30 bits per heavy atom. The van der Waals surface area contributed by atoms with Gasteiger partial charge >= 0.3 is 0 Å². The number of nitrogens with two attached hydrogens (primary N) is 1. The van der Waals surface area contributed by atoms with Crippen LogP contribution in [0.3, 0.4) is 0 Å². The summed E-state index contributed by atoms with van der Waals surface area (Å²) in [4.78, 5) is 0. The largest absolute Gasteiger partial charge is 0.318 e. The van der Waals surface area contributed by atoms with Crippen molar-refractivity contribution in [3.63, 3.8) is 0 Å². The van der Waals surface area contributed by atoms with E-state index >= 15 is 0 Å². The summed E-state index contributed by atoms with van der Waals surface area (Å²) in [5.74, 6) is -4.75. The minimum absolute atomic E-state index is 0.193. The lowest BCUT2D eigenvalue weighted by molar-refractivity contribution is 0.412. The molecule has 0 radical (unpaired) electrons. The summed E-state index contributed by atoms with van der Waals surface area (Å²) in [6.45, 7) is 1.66. The molecule has 2 rings (SSSR count). The Morgan fingerprint density at radius 2 is 1.70 bits per heavy atom. The molecule has 0 aromatic heterocycles. The van der Waals surface area contributed by atoms with Crippen molar-refractivity contribution >= 4 is 0 Å². The third-order valence-electron chi connectivity index (χ3n) is 3.41. The molecule has 0 aliphatic heterocycles. The molecule has 2 aromatic rings. The van der Waals surface area contributed by atoms with Crippen molar-refractivity contribution in [2.45, 2.75) is 18.9 Å². The second-order valence-electron chi connectivity index (χ2n) is 4.56. The van der Waals surface area contributed by atoms with Crippen molar-refractivity contribution in [1.82, 2.24) is 0 Å². The molecule has 0 aliphatic rings. The Bertz CT molecular complexity index is 642. The highest BCUT2D eigenvalue weighted by atomic mass is 19.2. The number of benzene rings is 2. The molecule has 106 valence electrons. The van der Waals surface area contributed by atoms with Gasteiger partial charge in [-0.25, -0.2) is 17.6 Å². The topological polar surface area (TPSA) is 26.0 Å². The normalized spacial score (nSPS) is 14.1. The van der Waals surface area contributed by atoms with E-state index in [0.717, 1.165) is 18.2 Å². The number of halogens is 4. The zero-order chi connectivity index (χ0) is 14.9. The molecule has 0 amide bonds. The van der Waals surface area contributed by atoms with Crippen molar-refractivity contribution < 1.29 is 17.6 Å². The van der Waals surface area contributed by atoms with Crippen LogP contribution >= 0.6 is 0 Å². The van der Waals surface area contributed by atoms with Crippen molar-refractivity contribution in [3.05, 3.63) is 70.8 Å². The first kappa shape index (κ1) is 14.5. The fourth-order valence-corrected chi connectivity index (χ4v) is 2.19. The van der Waals surface area contributed by atoms with E-state index in [1.54, 1.807) is 6.92 Å². The van der Waals surface area contributed by atoms with Crippen LogP contribution in [-0.4, -0.2) is 0 Å². The van der Waals surface area contributed by atoms with Gasteiger partial charge in [-0.1, -0.05) is 25.1 Å². The standard InChI is InChI=1S/C15H13F4N/c1-2-15(20,9-4-3-5-10(16)8-9)11-6-7-12(17)14(19)13(11)18/h3-8H,2,20H2,1H3. The van der Waals surface area contributed by atoms with Gasteiger partial charge in [0.15, 0.2) is 17.5 Å². The Hall–Kier alpha value is -1.88. The highest BCUT2D eigenvalue weighted by Gasteiger charge is 2.32. The highest BCUT2D eigenvalue weighted by molar-refractivity contribution is 5.39. The van der Waals surface area contributed by atoms with Gasteiger partial charge in [-0.15, -0.1) is 0 Å². The second kappa shape index (κ2) is 5.25. The average molecular weight is 283 g/mol. The van der Waals surface area contributed by atoms with Crippen molar-refractivity contribution in [3.8, 4) is 0 Å². The summed E-state index contributed by atoms with van der Waals surface area (Å²) in [5.41, 5.74) is 4.80. The van der Waals surface area contributed by atoms with Crippen LogP contribution in [-0.2, 0) is 5.54 Å². The molecule has 1 nitrogen and oxygen atoms in total. The second-order valence-corrected chi connectivity index (χ2v) is 4.56. The number of rotatable bonds is 3. The van der Waals surface area contributed by atoms with Crippen LogP contribution < -0.4 is 5.73 Å². The van der Waals surface area contributed by atoms with Gasteiger partial charge in [0.05, 0.1) is 5.54 Å². The first-order valence-corrected chi connectivity index (χ1v) is 6.09. The van der Waals surface area contributed by atoms with Gasteiger partial charge in [0.1, 0.15) is 5.82 Å². The fraction of sp³-hybridized carbons (Fsp3) is 0.200. The van der Waals surface area contributed by atoms with Crippen LogP contribution in [0, 0.1) is 23.3 Å². The van der Waals surface area contributed by atoms with Gasteiger partial charge in [0, 0.05) is 5.56 Å². The van der Waals surface area contributed by atoms with Crippen LogP contribution in [0.2, 0.25) is 0 Å². The fourth-order valence-electron chi connectivity index (χ4n) is 2.19. The van der Waals surface area contributed by atoms with E-state index in [0.29, 0.717) is 5.56 Å². The van der Waals surface area contributed by atoms with Crippen molar-refractivity contribution in [2.24, 2.45) is 5.73 Å². The molecule has 0 saturated carbocycles. The summed E-state index contributed by atoms with van der Waals surface area (Å²) in [6, 6.07) is 7.23. The van der Waals surface area contributed by atoms with E-state index in [2.05, 4.69) is 0 Å². The van der Waals surface area contributed by atoms with Gasteiger partial charge in [-0.2, -0.15) is 0 Å². The van der Waals surface area contributed by atoms with Gasteiger partial charge in [0.2, 0.25) is 0 Å². The summed E-state index contributed by atoms with van der Waals surface area (Å²) in [5, 5.41) is 0. The molecule has 1 unspecified atom stereocenters. The van der Waals surface area contributed by atoms with E-state index in [1.165, 1.54) is 18.2 Å². The third kappa shape index (κ3) is 2.29. The third-order valence-corrected chi connectivity index (χ3v) is 3.41. The van der Waals surface area contributed by atoms with Crippen molar-refractivity contribution in [1.29, 1.82) is 0 Å². The predicted octanol–water partition coefficient (Wildman–Crippen LogP) is 3.86. The maximum atomic E-state index is 13.9. The quantitative estimate of drug-likeness (QED) is 0.672. The predicted molar refractivity (Wildman–Crippen MR) is 68.0 cm³/mol. The van der Waals surface area contributed by atoms with E-state index < -0.39 is 28.8 Å². The SMILES string of the molecule is CCC(N)(c1cccc(F)c1)c1ccc(F)c(F)c1F. The molecular formula is C15H13F4N. The molecule has 0 heterocycles. The maximum Gasteiger partial charge on any atom is 0.194 e. The molecule has 0 aliphatic carbocycles. The molecule has 2 N–H and O–H groups in total. The Labute approximate surface area is 114 Å². The van der Waals surface area contributed by atoms with Crippen LogP contribution in [0.1, 0.15) is 24.5 Å². The zero-order valence-electron chi connectivity index (χ0n) is 10.8. The van der Waals surface area contributed by atoms with E-state index in [9.17, 15) is 17.6 Å². The average Bonchev–Trinajstić information content (AvgIpc) is 2.44. The van der Waals surface area contributed by atoms with Gasteiger partial charge in [-0.3, -0.25) is 0 Å². The summed E-state index contributed by atoms with van der Waals surface area (Å²) in [7, 11) is 0. The molecule has 0 fully saturated rings. The molecule has 0 saturated heterocycles. The Kier molecular flexibility index (Phi) is 3.81. The summed E-state index contributed by atoms with van der Waals surface area (Å²) < 4.78 is 53.6. The lowest BCUT2D eigenvalue weighted by Gasteiger charge is -2.30. The van der Waals surface area contributed by atoms with Crippen LogP contribution in [0.5, 0.6) is 0 Å². The minimum atomic E-state index is -1.58. The maximum absolute atomic E-state index is 13.9. The van der Waals surface area contributed by atoms with E-state index in [1.807, 2.05) is 0 Å². The molecule has 5 heteroatoms. The monoisotopic (exact) mass is 283 g/mol. The van der Waals surface area contributed by atoms with Crippen LogP contribution in [0.15, 0.2) is 36.4 Å². The summed E-state index contributed by atoms with van der Waals surface area (Å²) >= 11 is 0. The molecule has 2 aromatic carbocycles. The highest BCUT2D eigenvalue weighted by Crippen LogP contribution is 2.33. The Balaban J connectivity index is 2.65. The van der Waals surface area contributed by atoms with E-state index in [4.69, 9.17) is 5.73 Å². The van der Waals surface area contributed by atoms with Gasteiger partial charge in [0.25, 0.3) is 0 Å². The van der Waals surface area contributed by atoms with Crippen molar-refractivity contribution in [2.75, 3.05) is 0 Å². The smallest absolute Gasteiger partial charge is 0.194 e. The first-order chi connectivity index (χ1) is 9.40. The molecular weight excluding hydrogens is 270 g/mol. The minimum Gasteiger partial charge on any atom is -0.318 e. The Morgan fingerprint density at radius 1 is 1.00 bits per heavy atom. The zero-order valence-corrected chi connectivity index (χ0v) is 10.8. The molecule has 0 bridgehead atoms.